The second-order valence-electron chi connectivity index (χ2n) is 5.36. The van der Waals surface area contributed by atoms with Gasteiger partial charge in [-0.05, 0) is 38.4 Å². The summed E-state index contributed by atoms with van der Waals surface area (Å²) in [7, 11) is 2.24. The van der Waals surface area contributed by atoms with Gasteiger partial charge < -0.3 is 10.2 Å². The first-order valence-corrected chi connectivity index (χ1v) is 6.98. The van der Waals surface area contributed by atoms with Crippen LogP contribution in [0.3, 0.4) is 0 Å². The predicted molar refractivity (Wildman–Crippen MR) is 73.9 cm³/mol. The van der Waals surface area contributed by atoms with Gasteiger partial charge >= 0.3 is 0 Å². The summed E-state index contributed by atoms with van der Waals surface area (Å²) in [6.07, 6.45) is 3.94. The molecule has 1 fully saturated rings. The molecule has 1 unspecified atom stereocenters. The SMILES string of the molecule is CC.CCCCN(C)CC1NCCC1(C)C. The summed E-state index contributed by atoms with van der Waals surface area (Å²) in [5.41, 5.74) is 0.487. The molecule has 1 heterocycles. The first kappa shape index (κ1) is 15.9. The van der Waals surface area contributed by atoms with E-state index in [1.54, 1.807) is 0 Å². The molecule has 2 heteroatoms. The molecule has 0 amide bonds. The molecule has 2 nitrogen and oxygen atoms in total. The van der Waals surface area contributed by atoms with E-state index in [2.05, 4.69) is 38.0 Å². The van der Waals surface area contributed by atoms with Gasteiger partial charge in [0, 0.05) is 12.6 Å². The first-order chi connectivity index (χ1) is 7.56. The second kappa shape index (κ2) is 8.08. The fourth-order valence-electron chi connectivity index (χ4n) is 2.16. The van der Waals surface area contributed by atoms with Crippen molar-refractivity contribution in [3.05, 3.63) is 0 Å². The van der Waals surface area contributed by atoms with Crippen molar-refractivity contribution in [2.75, 3.05) is 26.7 Å². The highest BCUT2D eigenvalue weighted by atomic mass is 15.1. The summed E-state index contributed by atoms with van der Waals surface area (Å²) in [6.45, 7) is 14.7. The Kier molecular flexibility index (Phi) is 8.04. The highest BCUT2D eigenvalue weighted by molar-refractivity contribution is 4.92. The number of unbranched alkanes of at least 4 members (excludes halogenated alkanes) is 1. The summed E-state index contributed by atoms with van der Waals surface area (Å²) in [5.74, 6) is 0. The summed E-state index contributed by atoms with van der Waals surface area (Å²) in [4.78, 5) is 2.47. The highest BCUT2D eigenvalue weighted by Crippen LogP contribution is 2.29. The molecule has 0 radical (unpaired) electrons. The Morgan fingerprint density at radius 1 is 1.31 bits per heavy atom. The highest BCUT2D eigenvalue weighted by Gasteiger charge is 2.34. The third-order valence-corrected chi connectivity index (χ3v) is 3.49. The van der Waals surface area contributed by atoms with E-state index in [0.29, 0.717) is 11.5 Å². The summed E-state index contributed by atoms with van der Waals surface area (Å²) in [5, 5.41) is 3.61. The Morgan fingerprint density at radius 3 is 2.38 bits per heavy atom. The summed E-state index contributed by atoms with van der Waals surface area (Å²) in [6, 6.07) is 0.685. The average molecular weight is 228 g/mol. The van der Waals surface area contributed by atoms with Crippen LogP contribution in [0, 0.1) is 5.41 Å². The quantitative estimate of drug-likeness (QED) is 0.778. The lowest BCUT2D eigenvalue weighted by Gasteiger charge is -2.30. The fraction of sp³-hybridized carbons (Fsp3) is 1.00. The molecule has 98 valence electrons. The minimum absolute atomic E-state index is 0.487. The van der Waals surface area contributed by atoms with E-state index in [0.717, 1.165) is 0 Å². The van der Waals surface area contributed by atoms with Crippen LogP contribution in [0.1, 0.15) is 53.9 Å². The number of hydrogen-bond acceptors (Lipinski definition) is 2. The molecule has 1 aliphatic heterocycles. The van der Waals surface area contributed by atoms with Crippen LogP contribution in [0.4, 0.5) is 0 Å². The van der Waals surface area contributed by atoms with Crippen LogP contribution in [0.25, 0.3) is 0 Å². The maximum absolute atomic E-state index is 3.61. The zero-order chi connectivity index (χ0) is 12.6. The topological polar surface area (TPSA) is 15.3 Å². The van der Waals surface area contributed by atoms with Crippen molar-refractivity contribution in [2.45, 2.75) is 59.9 Å². The van der Waals surface area contributed by atoms with Crippen LogP contribution in [0.5, 0.6) is 0 Å². The molecule has 1 N–H and O–H groups in total. The Hall–Kier alpha value is -0.0800. The maximum Gasteiger partial charge on any atom is 0.0246 e. The minimum atomic E-state index is 0.487. The monoisotopic (exact) mass is 228 g/mol. The van der Waals surface area contributed by atoms with Gasteiger partial charge in [0.25, 0.3) is 0 Å². The molecule has 1 rings (SSSR count). The fourth-order valence-corrected chi connectivity index (χ4v) is 2.16. The van der Waals surface area contributed by atoms with Crippen molar-refractivity contribution in [3.63, 3.8) is 0 Å². The van der Waals surface area contributed by atoms with Crippen LogP contribution in [-0.2, 0) is 0 Å². The van der Waals surface area contributed by atoms with Gasteiger partial charge in [-0.15, -0.1) is 0 Å². The van der Waals surface area contributed by atoms with Gasteiger partial charge in [-0.25, -0.2) is 0 Å². The smallest absolute Gasteiger partial charge is 0.0246 e. The number of rotatable bonds is 5. The Balaban J connectivity index is 0.00000106. The zero-order valence-corrected chi connectivity index (χ0v) is 12.3. The largest absolute Gasteiger partial charge is 0.312 e. The van der Waals surface area contributed by atoms with Gasteiger partial charge in [-0.2, -0.15) is 0 Å². The molecule has 0 bridgehead atoms. The summed E-state index contributed by atoms with van der Waals surface area (Å²) >= 11 is 0. The van der Waals surface area contributed by atoms with E-state index in [1.165, 1.54) is 38.9 Å². The van der Waals surface area contributed by atoms with Crippen molar-refractivity contribution in [1.82, 2.24) is 10.2 Å². The molecule has 1 atom stereocenters. The third-order valence-electron chi connectivity index (χ3n) is 3.49. The van der Waals surface area contributed by atoms with Crippen molar-refractivity contribution >= 4 is 0 Å². The number of likely N-dealkylation sites (N-methyl/N-ethyl adjacent to an activating group) is 1. The number of nitrogens with one attached hydrogen (secondary N) is 1. The molecule has 0 aromatic carbocycles. The summed E-state index contributed by atoms with van der Waals surface area (Å²) < 4.78 is 0. The predicted octanol–water partition coefficient (Wildman–Crippen LogP) is 3.13. The van der Waals surface area contributed by atoms with Gasteiger partial charge in [0.2, 0.25) is 0 Å². The van der Waals surface area contributed by atoms with Crippen LogP contribution in [0.2, 0.25) is 0 Å². The molecule has 0 aliphatic carbocycles. The first-order valence-electron chi connectivity index (χ1n) is 6.98. The van der Waals surface area contributed by atoms with Crippen molar-refractivity contribution in [1.29, 1.82) is 0 Å². The van der Waals surface area contributed by atoms with Crippen LogP contribution in [-0.4, -0.2) is 37.6 Å². The number of hydrogen-bond donors (Lipinski definition) is 1. The molecule has 0 aromatic heterocycles. The van der Waals surface area contributed by atoms with Crippen molar-refractivity contribution < 1.29 is 0 Å². The lowest BCUT2D eigenvalue weighted by atomic mass is 9.85. The Labute approximate surface area is 103 Å². The molecule has 1 saturated heterocycles. The van der Waals surface area contributed by atoms with Gasteiger partial charge in [0.1, 0.15) is 0 Å². The van der Waals surface area contributed by atoms with Crippen LogP contribution >= 0.6 is 0 Å². The third kappa shape index (κ3) is 5.31. The van der Waals surface area contributed by atoms with Gasteiger partial charge in [0.15, 0.2) is 0 Å². The minimum Gasteiger partial charge on any atom is -0.312 e. The van der Waals surface area contributed by atoms with Gasteiger partial charge in [0.05, 0.1) is 0 Å². The molecule has 16 heavy (non-hydrogen) atoms. The molecule has 0 aromatic rings. The lowest BCUT2D eigenvalue weighted by molar-refractivity contribution is 0.222. The average Bonchev–Trinajstić information content (AvgIpc) is 2.58. The zero-order valence-electron chi connectivity index (χ0n) is 12.3. The van der Waals surface area contributed by atoms with E-state index in [1.807, 2.05) is 13.8 Å². The van der Waals surface area contributed by atoms with E-state index in [-0.39, 0.29) is 0 Å². The second-order valence-corrected chi connectivity index (χ2v) is 5.36. The van der Waals surface area contributed by atoms with E-state index >= 15 is 0 Å². The Bertz CT molecular complexity index is 166. The van der Waals surface area contributed by atoms with Crippen LogP contribution < -0.4 is 5.32 Å². The van der Waals surface area contributed by atoms with Crippen molar-refractivity contribution in [3.8, 4) is 0 Å². The lowest BCUT2D eigenvalue weighted by Crippen LogP contribution is -2.42. The number of nitrogens with zero attached hydrogens (tertiary/aromatic N) is 1. The molecule has 0 saturated carbocycles. The molecule has 1 aliphatic rings. The molecular formula is C14H32N2. The van der Waals surface area contributed by atoms with E-state index < -0.39 is 0 Å². The van der Waals surface area contributed by atoms with Gasteiger partial charge in [-0.3, -0.25) is 0 Å². The normalized spacial score (nSPS) is 23.1. The van der Waals surface area contributed by atoms with Crippen LogP contribution in [0.15, 0.2) is 0 Å². The van der Waals surface area contributed by atoms with E-state index in [9.17, 15) is 0 Å². The standard InChI is InChI=1S/C12H26N2.C2H6/c1-5-6-9-14(4)10-11-12(2,3)7-8-13-11;1-2/h11,13H,5-10H2,1-4H3;1-2H3. The molecular weight excluding hydrogens is 196 g/mol. The molecule has 0 spiro atoms. The maximum atomic E-state index is 3.61. The van der Waals surface area contributed by atoms with Crippen molar-refractivity contribution in [2.24, 2.45) is 5.41 Å². The Morgan fingerprint density at radius 2 is 1.94 bits per heavy atom. The van der Waals surface area contributed by atoms with E-state index in [4.69, 9.17) is 0 Å². The van der Waals surface area contributed by atoms with Gasteiger partial charge in [-0.1, -0.05) is 41.0 Å².